The molecule has 0 bridgehead atoms. The van der Waals surface area contributed by atoms with Gasteiger partial charge in [-0.2, -0.15) is 10.2 Å². The molecule has 0 saturated heterocycles. The van der Waals surface area contributed by atoms with Crippen LogP contribution in [0.3, 0.4) is 0 Å². The van der Waals surface area contributed by atoms with Gasteiger partial charge in [-0.1, -0.05) is 0 Å². The van der Waals surface area contributed by atoms with E-state index in [0.717, 1.165) is 22.2 Å². The molecule has 5 rings (SSSR count). The van der Waals surface area contributed by atoms with E-state index in [-0.39, 0.29) is 24.6 Å². The van der Waals surface area contributed by atoms with Gasteiger partial charge in [0, 0.05) is 48.4 Å². The van der Waals surface area contributed by atoms with Crippen LogP contribution in [0.1, 0.15) is 16.8 Å². The van der Waals surface area contributed by atoms with E-state index >= 15 is 8.78 Å². The molecular formula is C24H23F2N7O3. The number of H-pyrrole nitrogens is 1. The third-order valence-corrected chi connectivity index (χ3v) is 6.05. The first kappa shape index (κ1) is 23.3. The number of ether oxygens (including phenoxy) is 2. The number of aromatic amines is 1. The highest BCUT2D eigenvalue weighted by Crippen LogP contribution is 2.41. The van der Waals surface area contributed by atoms with E-state index in [9.17, 15) is 4.79 Å². The van der Waals surface area contributed by atoms with Crippen molar-refractivity contribution in [2.24, 2.45) is 7.05 Å². The zero-order valence-electron chi connectivity index (χ0n) is 20.0. The summed E-state index contributed by atoms with van der Waals surface area (Å²) < 4.78 is 42.5. The van der Waals surface area contributed by atoms with Crippen LogP contribution in [0.4, 0.5) is 25.0 Å². The fraction of sp³-hybridized carbons (Fsp3) is 0.250. The van der Waals surface area contributed by atoms with Crippen molar-refractivity contribution in [1.82, 2.24) is 25.0 Å². The van der Waals surface area contributed by atoms with Gasteiger partial charge in [-0.15, -0.1) is 0 Å². The normalized spacial score (nSPS) is 13.2. The number of carbonyl (C=O) groups is 1. The molecule has 10 nitrogen and oxygen atoms in total. The molecule has 1 aromatic carbocycles. The average Bonchev–Trinajstić information content (AvgIpc) is 3.50. The molecule has 0 fully saturated rings. The molecule has 0 unspecified atom stereocenters. The molecule has 4 heterocycles. The third-order valence-electron chi connectivity index (χ3n) is 6.05. The van der Waals surface area contributed by atoms with Crippen LogP contribution < -0.4 is 19.3 Å². The van der Waals surface area contributed by atoms with Crippen LogP contribution >= 0.6 is 0 Å². The molecule has 36 heavy (non-hydrogen) atoms. The number of hydrogen-bond donors (Lipinski definition) is 1. The Kier molecular flexibility index (Phi) is 5.78. The van der Waals surface area contributed by atoms with Gasteiger partial charge in [0.15, 0.2) is 23.1 Å². The van der Waals surface area contributed by atoms with Crippen LogP contribution in [0.2, 0.25) is 0 Å². The SMILES string of the molecule is COc1cc(OC)c(F)c(N2Cc3cnc(-c4cn(C)nc4C)cc3N(Cc3cn[nH]c3)C2=O)c1F. The zero-order valence-corrected chi connectivity index (χ0v) is 20.0. The Morgan fingerprint density at radius 3 is 2.42 bits per heavy atom. The smallest absolute Gasteiger partial charge is 0.329 e. The van der Waals surface area contributed by atoms with Crippen molar-refractivity contribution in [3.8, 4) is 22.8 Å². The Morgan fingerprint density at radius 1 is 1.11 bits per heavy atom. The summed E-state index contributed by atoms with van der Waals surface area (Å²) in [6.07, 6.45) is 6.67. The first-order valence-corrected chi connectivity index (χ1v) is 11.0. The molecule has 186 valence electrons. The minimum absolute atomic E-state index is 0.110. The second-order valence-corrected chi connectivity index (χ2v) is 8.32. The number of methoxy groups -OCH3 is 2. The van der Waals surface area contributed by atoms with E-state index in [0.29, 0.717) is 22.5 Å². The number of carbonyl (C=O) groups excluding carboxylic acids is 1. The number of aryl methyl sites for hydroxylation is 2. The van der Waals surface area contributed by atoms with Gasteiger partial charge in [-0.05, 0) is 13.0 Å². The molecule has 0 atom stereocenters. The Labute approximate surface area is 205 Å². The number of nitrogens with zero attached hydrogens (tertiary/aromatic N) is 6. The minimum Gasteiger partial charge on any atom is -0.493 e. The van der Waals surface area contributed by atoms with Gasteiger partial charge in [-0.25, -0.2) is 13.6 Å². The highest BCUT2D eigenvalue weighted by Gasteiger charge is 2.37. The summed E-state index contributed by atoms with van der Waals surface area (Å²) in [5.74, 6) is -2.51. The Hall–Kier alpha value is -4.48. The van der Waals surface area contributed by atoms with Gasteiger partial charge < -0.3 is 9.47 Å². The lowest BCUT2D eigenvalue weighted by Crippen LogP contribution is -2.47. The van der Waals surface area contributed by atoms with E-state index in [2.05, 4.69) is 20.3 Å². The Morgan fingerprint density at radius 2 is 1.83 bits per heavy atom. The molecule has 1 N–H and O–H groups in total. The number of anilines is 2. The van der Waals surface area contributed by atoms with Crippen molar-refractivity contribution in [3.63, 3.8) is 0 Å². The number of benzene rings is 1. The molecule has 1 aliphatic rings. The van der Waals surface area contributed by atoms with Crippen LogP contribution in [0, 0.1) is 18.6 Å². The molecule has 4 aromatic rings. The first-order valence-electron chi connectivity index (χ1n) is 11.0. The summed E-state index contributed by atoms with van der Waals surface area (Å²) in [4.78, 5) is 20.8. The second-order valence-electron chi connectivity index (χ2n) is 8.32. The maximum Gasteiger partial charge on any atom is 0.329 e. The molecule has 0 spiro atoms. The molecule has 1 aliphatic heterocycles. The van der Waals surface area contributed by atoms with Crippen molar-refractivity contribution < 1.29 is 23.0 Å². The number of fused-ring (bicyclic) bond motifs is 1. The highest BCUT2D eigenvalue weighted by atomic mass is 19.1. The predicted molar refractivity (Wildman–Crippen MR) is 127 cm³/mol. The topological polar surface area (TPSA) is 101 Å². The number of amides is 2. The van der Waals surface area contributed by atoms with E-state index in [4.69, 9.17) is 9.47 Å². The number of aromatic nitrogens is 5. The van der Waals surface area contributed by atoms with Gasteiger partial charge in [0.25, 0.3) is 0 Å². The van der Waals surface area contributed by atoms with E-state index in [1.54, 1.807) is 29.3 Å². The predicted octanol–water partition coefficient (Wildman–Crippen LogP) is 3.96. The monoisotopic (exact) mass is 495 g/mol. The van der Waals surface area contributed by atoms with Crippen LogP contribution in [0.15, 0.2) is 36.9 Å². The standard InChI is InChI=1S/C24H23F2N7O3/c1-13-16(12-31(2)30-13)17-5-18-15(9-27-17)11-33(24(34)32(18)10-14-7-28-29-8-14)23-21(25)19(35-3)6-20(36-4)22(23)26/h5-9,12H,10-11H2,1-4H3,(H,28,29). The Bertz CT molecular complexity index is 1420. The van der Waals surface area contributed by atoms with Gasteiger partial charge in [0.1, 0.15) is 5.69 Å². The van der Waals surface area contributed by atoms with Gasteiger partial charge in [0.05, 0.1) is 50.6 Å². The third kappa shape index (κ3) is 3.80. The van der Waals surface area contributed by atoms with E-state index in [1.165, 1.54) is 19.1 Å². The lowest BCUT2D eigenvalue weighted by molar-refractivity contribution is 0.249. The first-order chi connectivity index (χ1) is 17.3. The summed E-state index contributed by atoms with van der Waals surface area (Å²) in [5.41, 5.74) is 3.53. The number of halogens is 2. The van der Waals surface area contributed by atoms with Crippen LogP contribution in [0.25, 0.3) is 11.3 Å². The van der Waals surface area contributed by atoms with Gasteiger partial charge >= 0.3 is 6.03 Å². The van der Waals surface area contributed by atoms with Crippen LogP contribution in [-0.2, 0) is 20.1 Å². The maximum absolute atomic E-state index is 15.3. The summed E-state index contributed by atoms with van der Waals surface area (Å²) >= 11 is 0. The number of nitrogens with one attached hydrogen (secondary N) is 1. The average molecular weight is 495 g/mol. The van der Waals surface area contributed by atoms with Gasteiger partial charge in [0.2, 0.25) is 0 Å². The van der Waals surface area contributed by atoms with Crippen LogP contribution in [-0.4, -0.2) is 45.2 Å². The summed E-state index contributed by atoms with van der Waals surface area (Å²) in [7, 11) is 4.32. The number of hydrogen-bond acceptors (Lipinski definition) is 6. The molecule has 2 amide bonds. The highest BCUT2D eigenvalue weighted by molar-refractivity contribution is 6.06. The molecule has 0 saturated carbocycles. The number of rotatable bonds is 6. The Balaban J connectivity index is 1.66. The maximum atomic E-state index is 15.3. The molecule has 12 heteroatoms. The molecule has 3 aromatic heterocycles. The fourth-order valence-corrected chi connectivity index (χ4v) is 4.31. The molecular weight excluding hydrogens is 472 g/mol. The van der Waals surface area contributed by atoms with E-state index in [1.807, 2.05) is 20.2 Å². The van der Waals surface area contributed by atoms with Gasteiger partial charge in [-0.3, -0.25) is 24.6 Å². The van der Waals surface area contributed by atoms with Crippen molar-refractivity contribution in [2.75, 3.05) is 24.0 Å². The van der Waals surface area contributed by atoms with Crippen LogP contribution in [0.5, 0.6) is 11.5 Å². The molecule has 0 radical (unpaired) electrons. The van der Waals surface area contributed by atoms with E-state index < -0.39 is 23.4 Å². The lowest BCUT2D eigenvalue weighted by atomic mass is 10.1. The summed E-state index contributed by atoms with van der Waals surface area (Å²) in [6, 6.07) is 2.26. The summed E-state index contributed by atoms with van der Waals surface area (Å²) in [5, 5.41) is 11.0. The van der Waals surface area contributed by atoms with Crippen molar-refractivity contribution in [2.45, 2.75) is 20.0 Å². The summed E-state index contributed by atoms with van der Waals surface area (Å²) in [6.45, 7) is 1.87. The fourth-order valence-electron chi connectivity index (χ4n) is 4.31. The second kappa shape index (κ2) is 8.95. The lowest BCUT2D eigenvalue weighted by Gasteiger charge is -2.37. The minimum atomic E-state index is -1.01. The number of pyridine rings is 1. The van der Waals surface area contributed by atoms with Crippen molar-refractivity contribution >= 4 is 17.4 Å². The largest absolute Gasteiger partial charge is 0.493 e. The molecule has 0 aliphatic carbocycles. The quantitative estimate of drug-likeness (QED) is 0.435. The van der Waals surface area contributed by atoms with Crippen molar-refractivity contribution in [3.05, 3.63) is 65.4 Å². The number of urea groups is 1. The van der Waals surface area contributed by atoms with Crippen molar-refractivity contribution in [1.29, 1.82) is 0 Å². The zero-order chi connectivity index (χ0) is 25.6.